The second kappa shape index (κ2) is 11.2. The summed E-state index contributed by atoms with van der Waals surface area (Å²) in [6.07, 6.45) is 0. The molecule has 0 saturated carbocycles. The molecule has 54 heavy (non-hydrogen) atoms. The van der Waals surface area contributed by atoms with Crippen molar-refractivity contribution in [3.8, 4) is 55.9 Å². The van der Waals surface area contributed by atoms with Gasteiger partial charge in [0.2, 0.25) is 0 Å². The van der Waals surface area contributed by atoms with Gasteiger partial charge in [-0.2, -0.15) is 0 Å². The largest absolute Gasteiger partial charge is 0.309 e. The fourth-order valence-electron chi connectivity index (χ4n) is 9.27. The van der Waals surface area contributed by atoms with Crippen LogP contribution in [-0.4, -0.2) is 9.13 Å². The van der Waals surface area contributed by atoms with E-state index in [-0.39, 0.29) is 0 Å². The van der Waals surface area contributed by atoms with Crippen molar-refractivity contribution in [2.75, 3.05) is 0 Å². The first-order chi connectivity index (χ1) is 26.8. The van der Waals surface area contributed by atoms with E-state index in [2.05, 4.69) is 203 Å². The monoisotopic (exact) mass is 684 g/mol. The van der Waals surface area contributed by atoms with E-state index in [1.807, 2.05) is 0 Å². The lowest BCUT2D eigenvalue weighted by Crippen LogP contribution is -1.95. The number of hydrogen-bond donors (Lipinski definition) is 0. The van der Waals surface area contributed by atoms with Gasteiger partial charge in [0, 0.05) is 32.6 Å². The van der Waals surface area contributed by atoms with Crippen molar-refractivity contribution in [3.63, 3.8) is 0 Å². The summed E-state index contributed by atoms with van der Waals surface area (Å²) in [6, 6.07) is 71.4. The van der Waals surface area contributed by atoms with Crippen LogP contribution in [-0.2, 0) is 0 Å². The second-order valence-electron chi connectivity index (χ2n) is 14.5. The van der Waals surface area contributed by atoms with Gasteiger partial charge >= 0.3 is 0 Å². The third-order valence-electron chi connectivity index (χ3n) is 11.7. The van der Waals surface area contributed by atoms with Crippen LogP contribution in [0.3, 0.4) is 0 Å². The van der Waals surface area contributed by atoms with Crippen molar-refractivity contribution in [3.05, 3.63) is 194 Å². The third kappa shape index (κ3) is 4.11. The summed E-state index contributed by atoms with van der Waals surface area (Å²) in [5, 5.41) is 7.65. The lowest BCUT2D eigenvalue weighted by atomic mass is 9.99. The van der Waals surface area contributed by atoms with Crippen molar-refractivity contribution >= 4 is 54.4 Å². The first-order valence-electron chi connectivity index (χ1n) is 18.7. The zero-order chi connectivity index (χ0) is 35.3. The van der Waals surface area contributed by atoms with Gasteiger partial charge in [-0.05, 0) is 111 Å². The normalized spacial score (nSPS) is 12.1. The van der Waals surface area contributed by atoms with Crippen LogP contribution in [0.15, 0.2) is 194 Å². The Morgan fingerprint density at radius 1 is 0.259 bits per heavy atom. The van der Waals surface area contributed by atoms with E-state index in [4.69, 9.17) is 0 Å². The average Bonchev–Trinajstić information content (AvgIpc) is 3.87. The molecular formula is C52H32N2. The number of rotatable bonds is 4. The Kier molecular flexibility index (Phi) is 6.09. The van der Waals surface area contributed by atoms with Crippen molar-refractivity contribution in [2.24, 2.45) is 0 Å². The minimum Gasteiger partial charge on any atom is -0.309 e. The Hall–Kier alpha value is -7.16. The predicted octanol–water partition coefficient (Wildman–Crippen LogP) is 14.0. The molecule has 0 atom stereocenters. The highest BCUT2D eigenvalue weighted by Crippen LogP contribution is 2.49. The predicted molar refractivity (Wildman–Crippen MR) is 228 cm³/mol. The van der Waals surface area contributed by atoms with Crippen LogP contribution in [0, 0.1) is 0 Å². The van der Waals surface area contributed by atoms with Gasteiger partial charge < -0.3 is 9.13 Å². The number of nitrogens with zero attached hydrogens (tertiary/aromatic N) is 2. The summed E-state index contributed by atoms with van der Waals surface area (Å²) < 4.78 is 4.87. The van der Waals surface area contributed by atoms with Gasteiger partial charge in [0.15, 0.2) is 0 Å². The Morgan fingerprint density at radius 3 is 1.43 bits per heavy atom. The fraction of sp³-hybridized carbons (Fsp3) is 0. The smallest absolute Gasteiger partial charge is 0.0541 e. The molecule has 2 nitrogen and oxygen atoms in total. The van der Waals surface area contributed by atoms with Gasteiger partial charge in [0.05, 0.1) is 27.8 Å². The first-order valence-corrected chi connectivity index (χ1v) is 18.7. The number of para-hydroxylation sites is 2. The van der Waals surface area contributed by atoms with E-state index in [0.717, 1.165) is 0 Å². The molecule has 0 unspecified atom stereocenters. The molecule has 0 amide bonds. The van der Waals surface area contributed by atoms with Crippen LogP contribution in [0.2, 0.25) is 0 Å². The zero-order valence-electron chi connectivity index (χ0n) is 29.4. The van der Waals surface area contributed by atoms with Gasteiger partial charge in [-0.15, -0.1) is 0 Å². The second-order valence-corrected chi connectivity index (χ2v) is 14.5. The average molecular weight is 685 g/mol. The van der Waals surface area contributed by atoms with Gasteiger partial charge in [-0.1, -0.05) is 133 Å². The van der Waals surface area contributed by atoms with E-state index in [0.29, 0.717) is 0 Å². The maximum Gasteiger partial charge on any atom is 0.0541 e. The van der Waals surface area contributed by atoms with Gasteiger partial charge in [0.1, 0.15) is 0 Å². The summed E-state index contributed by atoms with van der Waals surface area (Å²) >= 11 is 0. The lowest BCUT2D eigenvalue weighted by molar-refractivity contribution is 1.18. The molecule has 12 rings (SSSR count). The number of aromatic nitrogens is 2. The molecule has 9 aromatic carbocycles. The molecule has 0 N–H and O–H groups in total. The fourth-order valence-corrected chi connectivity index (χ4v) is 9.27. The molecule has 0 aliphatic heterocycles. The quantitative estimate of drug-likeness (QED) is 0.175. The Labute approximate surface area is 312 Å². The topological polar surface area (TPSA) is 9.86 Å². The van der Waals surface area contributed by atoms with E-state index < -0.39 is 0 Å². The maximum absolute atomic E-state index is 2.47. The SMILES string of the molecule is c1ccc(-c2ccc3c(c2)c2cc(-c4ccc5c(c4)c4ccccc4n5-c4ccc5c6c(cccc46)-c4ccccc4-5)ccc2n3-c2ccccc2)cc1. The van der Waals surface area contributed by atoms with Crippen molar-refractivity contribution in [1.29, 1.82) is 0 Å². The van der Waals surface area contributed by atoms with Gasteiger partial charge in [-0.25, -0.2) is 0 Å². The molecule has 0 spiro atoms. The number of hydrogen-bond acceptors (Lipinski definition) is 0. The van der Waals surface area contributed by atoms with E-state index >= 15 is 0 Å². The molecule has 11 aromatic rings. The molecular weight excluding hydrogens is 653 g/mol. The van der Waals surface area contributed by atoms with Crippen molar-refractivity contribution in [2.45, 2.75) is 0 Å². The first kappa shape index (κ1) is 29.4. The molecule has 250 valence electrons. The molecule has 2 heterocycles. The highest BCUT2D eigenvalue weighted by Gasteiger charge is 2.24. The zero-order valence-corrected chi connectivity index (χ0v) is 29.4. The Bertz CT molecular complexity index is 3280. The van der Waals surface area contributed by atoms with Gasteiger partial charge in [0.25, 0.3) is 0 Å². The third-order valence-corrected chi connectivity index (χ3v) is 11.7. The Morgan fingerprint density at radius 2 is 0.741 bits per heavy atom. The minimum atomic E-state index is 1.17. The molecule has 0 fully saturated rings. The summed E-state index contributed by atoms with van der Waals surface area (Å²) in [6.45, 7) is 0. The van der Waals surface area contributed by atoms with Crippen LogP contribution < -0.4 is 0 Å². The van der Waals surface area contributed by atoms with E-state index in [1.54, 1.807) is 0 Å². The van der Waals surface area contributed by atoms with Crippen LogP contribution >= 0.6 is 0 Å². The van der Waals surface area contributed by atoms with E-state index in [1.165, 1.54) is 110 Å². The van der Waals surface area contributed by atoms with Crippen LogP contribution in [0.4, 0.5) is 0 Å². The number of fused-ring (bicyclic) bond motifs is 9. The highest BCUT2D eigenvalue weighted by atomic mass is 15.0. The summed E-state index contributed by atoms with van der Waals surface area (Å²) in [7, 11) is 0. The minimum absolute atomic E-state index is 1.17. The molecule has 0 bridgehead atoms. The molecule has 0 saturated heterocycles. The Balaban J connectivity index is 1.07. The molecule has 2 aromatic heterocycles. The highest BCUT2D eigenvalue weighted by molar-refractivity contribution is 6.19. The van der Waals surface area contributed by atoms with Crippen LogP contribution in [0.5, 0.6) is 0 Å². The summed E-state index contributed by atoms with van der Waals surface area (Å²) in [5.41, 5.74) is 17.4. The molecule has 1 aliphatic rings. The van der Waals surface area contributed by atoms with Crippen molar-refractivity contribution < 1.29 is 0 Å². The van der Waals surface area contributed by atoms with Crippen LogP contribution in [0.1, 0.15) is 0 Å². The molecule has 2 heteroatoms. The van der Waals surface area contributed by atoms with Gasteiger partial charge in [-0.3, -0.25) is 0 Å². The lowest BCUT2D eigenvalue weighted by Gasteiger charge is -2.13. The maximum atomic E-state index is 2.47. The summed E-state index contributed by atoms with van der Waals surface area (Å²) in [4.78, 5) is 0. The molecule has 0 radical (unpaired) electrons. The standard InChI is InChI=1S/C52H32N2/c1-3-12-33(13-4-1)34-22-26-49-45(30-34)46-32-36(23-27-50(46)53(49)37-14-5-2-6-15-37)35-24-28-51-44(31-35)40-18-9-10-21-47(40)54(51)48-29-25-42-39-17-8-7-16-38(39)41-19-11-20-43(48)52(41)42/h1-32H. The number of benzene rings is 9. The van der Waals surface area contributed by atoms with Crippen LogP contribution in [0.25, 0.3) is 110 Å². The van der Waals surface area contributed by atoms with Crippen molar-refractivity contribution in [1.82, 2.24) is 9.13 Å². The summed E-state index contributed by atoms with van der Waals surface area (Å²) in [5.74, 6) is 0. The van der Waals surface area contributed by atoms with E-state index in [9.17, 15) is 0 Å². The molecule has 1 aliphatic carbocycles.